The lowest BCUT2D eigenvalue weighted by atomic mass is 9.81. The SMILES string of the molecule is Cc1noc(C)c1Cn1ccc(NC2OC2C(C)(C)c2ccccc2)n1. The van der Waals surface area contributed by atoms with Crippen LogP contribution < -0.4 is 5.32 Å². The molecule has 1 saturated heterocycles. The van der Waals surface area contributed by atoms with Gasteiger partial charge in [-0.05, 0) is 19.4 Å². The highest BCUT2D eigenvalue weighted by atomic mass is 16.6. The maximum absolute atomic E-state index is 5.91. The first-order valence-electron chi connectivity index (χ1n) is 8.88. The first-order chi connectivity index (χ1) is 12.4. The van der Waals surface area contributed by atoms with Crippen LogP contribution in [0.25, 0.3) is 0 Å². The largest absolute Gasteiger partial charge is 0.361 e. The van der Waals surface area contributed by atoms with Crippen LogP contribution in [0.1, 0.15) is 36.4 Å². The van der Waals surface area contributed by atoms with Gasteiger partial charge in [-0.1, -0.05) is 49.3 Å². The average Bonchev–Trinajstić information content (AvgIpc) is 3.17. The molecular formula is C20H24N4O2. The minimum Gasteiger partial charge on any atom is -0.361 e. The lowest BCUT2D eigenvalue weighted by Gasteiger charge is -2.23. The first-order valence-corrected chi connectivity index (χ1v) is 8.88. The van der Waals surface area contributed by atoms with E-state index in [0.29, 0.717) is 6.54 Å². The molecule has 0 saturated carbocycles. The molecule has 0 amide bonds. The van der Waals surface area contributed by atoms with Crippen LogP contribution in [-0.4, -0.2) is 27.3 Å². The second-order valence-corrected chi connectivity index (χ2v) is 7.41. The van der Waals surface area contributed by atoms with Crippen LogP contribution in [0.4, 0.5) is 5.82 Å². The Morgan fingerprint density at radius 1 is 1.15 bits per heavy atom. The summed E-state index contributed by atoms with van der Waals surface area (Å²) in [6, 6.07) is 12.4. The molecule has 2 unspecified atom stereocenters. The van der Waals surface area contributed by atoms with Crippen molar-refractivity contribution in [2.45, 2.75) is 52.0 Å². The molecule has 2 aromatic heterocycles. The van der Waals surface area contributed by atoms with Crippen LogP contribution >= 0.6 is 0 Å². The number of ether oxygens (including phenoxy) is 1. The molecule has 0 bridgehead atoms. The zero-order chi connectivity index (χ0) is 18.3. The van der Waals surface area contributed by atoms with Crippen LogP contribution in [0.2, 0.25) is 0 Å². The van der Waals surface area contributed by atoms with Gasteiger partial charge in [0.05, 0.1) is 12.2 Å². The molecule has 1 N–H and O–H groups in total. The van der Waals surface area contributed by atoms with Crippen LogP contribution in [-0.2, 0) is 16.7 Å². The van der Waals surface area contributed by atoms with Crippen LogP contribution in [0.5, 0.6) is 0 Å². The second kappa shape index (κ2) is 6.29. The van der Waals surface area contributed by atoms with Crippen molar-refractivity contribution in [3.05, 3.63) is 65.2 Å². The standard InChI is InChI=1S/C20H24N4O2/c1-13-16(14(2)26-23-13)12-24-11-10-17(22-24)21-19-18(25-19)20(3,4)15-8-6-5-7-9-15/h5-11,18-19H,12H2,1-4H3,(H,21,22). The molecule has 136 valence electrons. The Balaban J connectivity index is 1.40. The molecular weight excluding hydrogens is 328 g/mol. The Bertz CT molecular complexity index is 878. The zero-order valence-electron chi connectivity index (χ0n) is 15.6. The van der Waals surface area contributed by atoms with E-state index in [2.05, 4.69) is 53.7 Å². The van der Waals surface area contributed by atoms with E-state index in [1.807, 2.05) is 36.9 Å². The quantitative estimate of drug-likeness (QED) is 0.686. The number of nitrogens with one attached hydrogen (secondary N) is 1. The van der Waals surface area contributed by atoms with Gasteiger partial charge in [0, 0.05) is 23.2 Å². The van der Waals surface area contributed by atoms with Gasteiger partial charge in [-0.25, -0.2) is 0 Å². The lowest BCUT2D eigenvalue weighted by molar-refractivity contribution is 0.310. The summed E-state index contributed by atoms with van der Waals surface area (Å²) in [5, 5.41) is 12.0. The Kier molecular flexibility index (Phi) is 4.07. The minimum absolute atomic E-state index is 0.0207. The number of benzene rings is 1. The van der Waals surface area contributed by atoms with Gasteiger partial charge in [0.25, 0.3) is 0 Å². The molecule has 1 aliphatic rings. The molecule has 4 rings (SSSR count). The molecule has 0 spiro atoms. The molecule has 2 atom stereocenters. The van der Waals surface area contributed by atoms with E-state index in [0.717, 1.165) is 22.8 Å². The number of aryl methyl sites for hydroxylation is 2. The van der Waals surface area contributed by atoms with Gasteiger partial charge in [-0.15, -0.1) is 0 Å². The monoisotopic (exact) mass is 352 g/mol. The molecule has 0 radical (unpaired) electrons. The second-order valence-electron chi connectivity index (χ2n) is 7.41. The van der Waals surface area contributed by atoms with Crippen molar-refractivity contribution in [1.29, 1.82) is 0 Å². The van der Waals surface area contributed by atoms with E-state index in [9.17, 15) is 0 Å². The highest BCUT2D eigenvalue weighted by Gasteiger charge is 2.50. The van der Waals surface area contributed by atoms with Gasteiger partial charge in [0.15, 0.2) is 6.23 Å². The molecule has 1 fully saturated rings. The van der Waals surface area contributed by atoms with Crippen molar-refractivity contribution < 1.29 is 9.26 Å². The number of anilines is 1. The lowest BCUT2D eigenvalue weighted by Crippen LogP contribution is -2.28. The van der Waals surface area contributed by atoms with Gasteiger partial charge in [-0.3, -0.25) is 4.68 Å². The topological polar surface area (TPSA) is 68.4 Å². The maximum Gasteiger partial charge on any atom is 0.156 e. The summed E-state index contributed by atoms with van der Waals surface area (Å²) in [4.78, 5) is 0. The number of nitrogens with zero attached hydrogens (tertiary/aromatic N) is 3. The van der Waals surface area contributed by atoms with Crippen molar-refractivity contribution >= 4 is 5.82 Å². The van der Waals surface area contributed by atoms with Gasteiger partial charge in [0.2, 0.25) is 0 Å². The van der Waals surface area contributed by atoms with Crippen molar-refractivity contribution in [3.63, 3.8) is 0 Å². The van der Waals surface area contributed by atoms with E-state index in [1.54, 1.807) is 0 Å². The summed E-state index contributed by atoms with van der Waals surface area (Å²) in [6.07, 6.45) is 2.05. The van der Waals surface area contributed by atoms with Gasteiger partial charge in [0.1, 0.15) is 17.7 Å². The third kappa shape index (κ3) is 3.12. The molecule has 26 heavy (non-hydrogen) atoms. The van der Waals surface area contributed by atoms with Crippen LogP contribution in [0, 0.1) is 13.8 Å². The number of epoxide rings is 1. The average molecular weight is 352 g/mol. The third-order valence-corrected chi connectivity index (χ3v) is 5.15. The van der Waals surface area contributed by atoms with Crippen molar-refractivity contribution in [2.75, 3.05) is 5.32 Å². The van der Waals surface area contributed by atoms with Crippen molar-refractivity contribution in [2.24, 2.45) is 0 Å². The van der Waals surface area contributed by atoms with E-state index in [4.69, 9.17) is 9.26 Å². The van der Waals surface area contributed by atoms with Crippen molar-refractivity contribution in [3.8, 4) is 0 Å². The predicted molar refractivity (Wildman–Crippen MR) is 99.1 cm³/mol. The summed E-state index contributed by atoms with van der Waals surface area (Å²) in [5.41, 5.74) is 3.20. The minimum atomic E-state index is -0.0574. The van der Waals surface area contributed by atoms with Crippen LogP contribution in [0.3, 0.4) is 0 Å². The Morgan fingerprint density at radius 2 is 1.92 bits per heavy atom. The molecule has 0 aliphatic carbocycles. The number of aromatic nitrogens is 3. The van der Waals surface area contributed by atoms with Gasteiger partial charge in [-0.2, -0.15) is 5.10 Å². The number of rotatable bonds is 6. The third-order valence-electron chi connectivity index (χ3n) is 5.15. The summed E-state index contributed by atoms with van der Waals surface area (Å²) in [5.74, 6) is 1.65. The Hall–Kier alpha value is -2.60. The molecule has 3 heterocycles. The van der Waals surface area contributed by atoms with Crippen LogP contribution in [0.15, 0.2) is 47.1 Å². The Morgan fingerprint density at radius 3 is 2.62 bits per heavy atom. The van der Waals surface area contributed by atoms with Gasteiger partial charge < -0.3 is 14.6 Å². The fourth-order valence-corrected chi connectivity index (χ4v) is 3.36. The van der Waals surface area contributed by atoms with E-state index < -0.39 is 0 Å². The van der Waals surface area contributed by atoms with Crippen molar-refractivity contribution in [1.82, 2.24) is 14.9 Å². The van der Waals surface area contributed by atoms with E-state index >= 15 is 0 Å². The summed E-state index contributed by atoms with van der Waals surface area (Å²) in [7, 11) is 0. The zero-order valence-corrected chi connectivity index (χ0v) is 15.6. The summed E-state index contributed by atoms with van der Waals surface area (Å²) >= 11 is 0. The summed E-state index contributed by atoms with van der Waals surface area (Å²) in [6.45, 7) is 8.94. The highest BCUT2D eigenvalue weighted by Crippen LogP contribution is 2.41. The number of hydrogen-bond donors (Lipinski definition) is 1. The molecule has 1 aromatic carbocycles. The normalized spacial score (nSPS) is 19.5. The fraction of sp³-hybridized carbons (Fsp3) is 0.400. The van der Waals surface area contributed by atoms with Gasteiger partial charge >= 0.3 is 0 Å². The smallest absolute Gasteiger partial charge is 0.156 e. The molecule has 3 aromatic rings. The maximum atomic E-state index is 5.91. The molecule has 1 aliphatic heterocycles. The number of hydrogen-bond acceptors (Lipinski definition) is 5. The molecule has 6 heteroatoms. The van der Waals surface area contributed by atoms with E-state index in [1.165, 1.54) is 5.56 Å². The van der Waals surface area contributed by atoms with E-state index in [-0.39, 0.29) is 17.7 Å². The Labute approximate surface area is 153 Å². The highest BCUT2D eigenvalue weighted by molar-refractivity contribution is 5.37. The molecule has 6 nitrogen and oxygen atoms in total. The fourth-order valence-electron chi connectivity index (χ4n) is 3.36. The first kappa shape index (κ1) is 16.8. The predicted octanol–water partition coefficient (Wildman–Crippen LogP) is 3.65. The summed E-state index contributed by atoms with van der Waals surface area (Å²) < 4.78 is 13.0.